The Labute approximate surface area is 534 Å². The molecule has 2 heterocycles. The molecule has 2 aliphatic carbocycles. The van der Waals surface area contributed by atoms with Crippen LogP contribution in [-0.2, 0) is 48.8 Å². The molecule has 0 bridgehead atoms. The second kappa shape index (κ2) is 31.1. The molecule has 0 saturated heterocycles. The minimum Gasteiger partial charge on any atom is -0.460 e. The molecule has 4 N–H and O–H groups in total. The number of likely N-dealkylation sites (N-methyl/N-ethyl adjacent to an activating group) is 2. The van der Waals surface area contributed by atoms with Crippen LogP contribution in [0, 0.1) is 0 Å². The van der Waals surface area contributed by atoms with Crippen molar-refractivity contribution in [1.82, 2.24) is 19.8 Å². The minimum absolute atomic E-state index is 0.0353. The Morgan fingerprint density at radius 2 is 0.902 bits per heavy atom. The van der Waals surface area contributed by atoms with Gasteiger partial charge in [0.25, 0.3) is 20.2 Å². The van der Waals surface area contributed by atoms with Crippen LogP contribution in [0.15, 0.2) is 164 Å². The third-order valence-electron chi connectivity index (χ3n) is 15.5. The standard InChI is InChI=1S/C68H76N6O16S2/c1-9-73(35-39-87-67(77)69-31-37-85-65(75)45(3)4)49-25-29-53-59(43-49)89-57-41-47(23-27-51(57)63(53)55-19-13-15-21-61(55)91(79,80)81)71(7)33-17-11-12-18-34-72(8)48-24-28-52-58(42-48)90-60-44-50(26-30-54(60)64(52)56-20-14-16-22-62(56)92(82,83)84)74(10-2)36-40-88-68(78)70-32-38-86-66(76)46(5)6/h13-16,19-30,41-44H,3,5,9-12,17-18,31-40H2,1-2,4,6-8H3,(H2-2,69,70,77,78,79,80,81,82,83,84)/p+2. The maximum absolute atomic E-state index is 12.8. The number of unbranched alkanes of at least 4 members (excludes halogenated alkanes) is 3. The highest BCUT2D eigenvalue weighted by molar-refractivity contribution is 7.86. The zero-order valence-electron chi connectivity index (χ0n) is 52.5. The zero-order valence-corrected chi connectivity index (χ0v) is 54.1. The molecule has 4 aromatic rings. The van der Waals surface area contributed by atoms with Crippen LogP contribution >= 0.6 is 0 Å². The number of amides is 2. The van der Waals surface area contributed by atoms with Gasteiger partial charge in [-0.2, -0.15) is 16.8 Å². The number of rotatable bonds is 29. The zero-order chi connectivity index (χ0) is 66.3. The van der Waals surface area contributed by atoms with Crippen LogP contribution in [-0.4, -0.2) is 143 Å². The number of esters is 2. The molecular formula is C68H78N6O16S2+2. The van der Waals surface area contributed by atoms with Crippen LogP contribution in [0.3, 0.4) is 0 Å². The van der Waals surface area contributed by atoms with Gasteiger partial charge < -0.3 is 48.2 Å². The SMILES string of the molecule is C=C(C)C(=O)OCCNC(=O)OCCN(CC)c1ccc2c(-c3ccccc3S(=O)(=O)O)c3ccc(=[N+](C)CCCCCC[N+](C)=c4ccc5c(-c6ccccc6S(=O)(=O)O)c6ccc(N(CC)CCOC(=O)NCCOC(=O)C(=C)C)cc6oc-5c4)cc-3oc2c1. The van der Waals surface area contributed by atoms with Gasteiger partial charge in [0.05, 0.1) is 38.3 Å². The normalized spacial score (nSPS) is 12.3. The van der Waals surface area contributed by atoms with E-state index in [1.165, 1.54) is 26.0 Å². The second-order valence-electron chi connectivity index (χ2n) is 22.0. The number of ether oxygens (including phenoxy) is 4. The van der Waals surface area contributed by atoms with E-state index in [2.05, 4.69) is 32.9 Å². The molecule has 0 spiro atoms. The number of benzene rings is 6. The van der Waals surface area contributed by atoms with E-state index in [1.807, 2.05) is 111 Å². The maximum Gasteiger partial charge on any atom is 0.407 e. The van der Waals surface area contributed by atoms with Crippen molar-refractivity contribution < 1.29 is 72.9 Å². The summed E-state index contributed by atoms with van der Waals surface area (Å²) >= 11 is 0. The molecule has 0 unspecified atom stereocenters. The summed E-state index contributed by atoms with van der Waals surface area (Å²) in [7, 11) is -5.29. The minimum atomic E-state index is -4.64. The molecule has 0 aromatic heterocycles. The lowest BCUT2D eigenvalue weighted by molar-refractivity contribution is -0.139. The van der Waals surface area contributed by atoms with E-state index < -0.39 is 44.4 Å². The van der Waals surface area contributed by atoms with Crippen molar-refractivity contribution in [3.63, 3.8) is 0 Å². The number of nitrogens with zero attached hydrogens (tertiary/aromatic N) is 4. The van der Waals surface area contributed by atoms with E-state index in [9.17, 15) is 45.1 Å². The van der Waals surface area contributed by atoms with Gasteiger partial charge in [0.1, 0.15) is 86.1 Å². The van der Waals surface area contributed by atoms with E-state index in [0.29, 0.717) is 93.0 Å². The number of carbonyl (C=O) groups is 4. The Morgan fingerprint density at radius 1 is 0.511 bits per heavy atom. The summed E-state index contributed by atoms with van der Waals surface area (Å²) in [5.74, 6) is -0.129. The number of hydrogen-bond donors (Lipinski definition) is 4. The molecule has 0 saturated carbocycles. The first-order valence-electron chi connectivity index (χ1n) is 30.2. The third kappa shape index (κ3) is 17.4. The van der Waals surface area contributed by atoms with Gasteiger partial charge in [-0.1, -0.05) is 49.6 Å². The molecule has 0 atom stereocenters. The lowest BCUT2D eigenvalue weighted by Gasteiger charge is -2.24. The van der Waals surface area contributed by atoms with E-state index in [0.717, 1.165) is 60.9 Å². The van der Waals surface area contributed by atoms with Gasteiger partial charge >= 0.3 is 24.1 Å². The first-order chi connectivity index (χ1) is 44.0. The van der Waals surface area contributed by atoms with Gasteiger partial charge in [-0.15, -0.1) is 0 Å². The van der Waals surface area contributed by atoms with Gasteiger partial charge in [-0.25, -0.2) is 28.3 Å². The van der Waals surface area contributed by atoms with Gasteiger partial charge in [0.2, 0.25) is 10.7 Å². The highest BCUT2D eigenvalue weighted by atomic mass is 32.2. The molecule has 8 rings (SSSR count). The van der Waals surface area contributed by atoms with Gasteiger partial charge in [-0.05, 0) is 89.1 Å². The molecule has 92 heavy (non-hydrogen) atoms. The Kier molecular flexibility index (Phi) is 23.2. The predicted octanol–water partition coefficient (Wildman–Crippen LogP) is 9.62. The maximum atomic E-state index is 12.8. The van der Waals surface area contributed by atoms with Gasteiger partial charge in [-0.3, -0.25) is 9.11 Å². The smallest absolute Gasteiger partial charge is 0.407 e. The van der Waals surface area contributed by atoms with Crippen molar-refractivity contribution in [3.8, 4) is 44.9 Å². The highest BCUT2D eigenvalue weighted by Gasteiger charge is 2.27. The highest BCUT2D eigenvalue weighted by Crippen LogP contribution is 2.45. The lowest BCUT2D eigenvalue weighted by atomic mass is 9.93. The van der Waals surface area contributed by atoms with Crippen LogP contribution in [0.4, 0.5) is 21.0 Å². The Morgan fingerprint density at radius 3 is 1.27 bits per heavy atom. The number of fused-ring (bicyclic) bond motifs is 4. The largest absolute Gasteiger partial charge is 0.460 e. The monoisotopic (exact) mass is 1300 g/mol. The molecule has 24 heteroatoms. The summed E-state index contributed by atoms with van der Waals surface area (Å²) in [6.45, 7) is 17.4. The summed E-state index contributed by atoms with van der Waals surface area (Å²) in [6, 6.07) is 35.3. The van der Waals surface area contributed by atoms with Crippen molar-refractivity contribution in [3.05, 3.63) is 156 Å². The fourth-order valence-electron chi connectivity index (χ4n) is 10.7. The summed E-state index contributed by atoms with van der Waals surface area (Å²) in [4.78, 5) is 51.6. The van der Waals surface area contributed by atoms with E-state index in [1.54, 1.807) is 36.4 Å². The molecule has 2 amide bonds. The number of alkyl carbamates (subject to hydrolysis) is 2. The average molecular weight is 1300 g/mol. The first-order valence-corrected chi connectivity index (χ1v) is 33.0. The molecule has 0 radical (unpaired) electrons. The van der Waals surface area contributed by atoms with E-state index in [-0.39, 0.29) is 60.5 Å². The fourth-order valence-corrected chi connectivity index (χ4v) is 12.1. The average Bonchev–Trinajstić information content (AvgIpc) is 0.757. The second-order valence-corrected chi connectivity index (χ2v) is 24.8. The molecule has 486 valence electrons. The third-order valence-corrected chi connectivity index (χ3v) is 17.3. The molecule has 0 fully saturated rings. The quantitative estimate of drug-likeness (QED) is 0.00646. The fraction of sp³-hybridized carbons (Fsp3) is 0.324. The number of anilines is 2. The Hall–Kier alpha value is -9.36. The van der Waals surface area contributed by atoms with Crippen molar-refractivity contribution >= 4 is 77.7 Å². The molecule has 22 nitrogen and oxygen atoms in total. The van der Waals surface area contributed by atoms with Crippen LogP contribution in [0.5, 0.6) is 0 Å². The summed E-state index contributed by atoms with van der Waals surface area (Å²) in [5, 5.41) is 8.08. The van der Waals surface area contributed by atoms with Gasteiger partial charge in [0, 0.05) is 117 Å². The summed E-state index contributed by atoms with van der Waals surface area (Å²) in [5.41, 5.74) is 5.93. The van der Waals surface area contributed by atoms with Crippen molar-refractivity contribution in [1.29, 1.82) is 0 Å². The number of hydrogen-bond acceptors (Lipinski definition) is 16. The predicted molar refractivity (Wildman–Crippen MR) is 353 cm³/mol. The first kappa shape index (κ1) is 68.5. The van der Waals surface area contributed by atoms with E-state index >= 15 is 0 Å². The molecular weight excluding hydrogens is 1220 g/mol. The van der Waals surface area contributed by atoms with Crippen LogP contribution in [0.2, 0.25) is 0 Å². The Balaban J connectivity index is 0.979. The molecule has 4 aliphatic rings. The number of nitrogens with one attached hydrogen (secondary N) is 2. The molecule has 4 aromatic carbocycles. The van der Waals surface area contributed by atoms with Crippen molar-refractivity contribution in [2.75, 3.05) is 103 Å². The summed E-state index contributed by atoms with van der Waals surface area (Å²) in [6.07, 6.45) is 2.27. The van der Waals surface area contributed by atoms with Gasteiger partial charge in [0.15, 0.2) is 0 Å². The summed E-state index contributed by atoms with van der Waals surface area (Å²) < 4.78 is 111. The van der Waals surface area contributed by atoms with Crippen LogP contribution in [0.25, 0.3) is 66.8 Å². The van der Waals surface area contributed by atoms with Crippen LogP contribution in [0.1, 0.15) is 53.4 Å². The van der Waals surface area contributed by atoms with Crippen molar-refractivity contribution in [2.24, 2.45) is 0 Å². The molecule has 2 aliphatic heterocycles. The lowest BCUT2D eigenvalue weighted by Crippen LogP contribution is -2.32. The van der Waals surface area contributed by atoms with Crippen molar-refractivity contribution in [2.45, 2.75) is 63.2 Å². The Bertz CT molecular complexity index is 4110. The van der Waals surface area contributed by atoms with Crippen LogP contribution < -0.4 is 40.3 Å². The topological polar surface area (TPSA) is 277 Å². The number of carbonyl (C=O) groups excluding carboxylic acids is 4. The van der Waals surface area contributed by atoms with E-state index in [4.69, 9.17) is 27.8 Å².